The minimum atomic E-state index is -0.886. The summed E-state index contributed by atoms with van der Waals surface area (Å²) in [6, 6.07) is 5.57. The van der Waals surface area contributed by atoms with E-state index >= 15 is 0 Å². The van der Waals surface area contributed by atoms with Crippen molar-refractivity contribution in [2.45, 2.75) is 18.6 Å². The molecule has 0 atom stereocenters. The fraction of sp³-hybridized carbons (Fsp3) is 0.250. The molecule has 20 heavy (non-hydrogen) atoms. The van der Waals surface area contributed by atoms with Gasteiger partial charge in [-0.2, -0.15) is 0 Å². The smallest absolute Gasteiger partial charge is 0.313 e. The number of aliphatic carboxylic acids is 1. The third-order valence-electron chi connectivity index (χ3n) is 2.55. The van der Waals surface area contributed by atoms with Gasteiger partial charge in [0, 0.05) is 16.6 Å². The molecule has 0 aliphatic carbocycles. The Morgan fingerprint density at radius 1 is 1.50 bits per heavy atom. The number of rotatable bonds is 5. The summed E-state index contributed by atoms with van der Waals surface area (Å²) in [5, 5.41) is 18.0. The molecule has 0 aliphatic rings. The van der Waals surface area contributed by atoms with E-state index < -0.39 is 5.97 Å². The number of hydrogen-bond acceptors (Lipinski definition) is 4. The molecule has 0 aliphatic heterocycles. The van der Waals surface area contributed by atoms with Gasteiger partial charge >= 0.3 is 5.97 Å². The lowest BCUT2D eigenvalue weighted by atomic mass is 10.2. The Kier molecular flexibility index (Phi) is 5.06. The zero-order chi connectivity index (χ0) is 14.7. The van der Waals surface area contributed by atoms with Crippen molar-refractivity contribution in [2.24, 2.45) is 0 Å². The molecule has 0 bridgehead atoms. The first-order valence-electron chi connectivity index (χ1n) is 5.76. The lowest BCUT2D eigenvalue weighted by Gasteiger charge is -2.08. The average Bonchev–Trinajstić information content (AvgIpc) is 2.82. The van der Waals surface area contributed by atoms with Gasteiger partial charge in [-0.15, -0.1) is 10.2 Å². The van der Waals surface area contributed by atoms with Gasteiger partial charge in [-0.25, -0.2) is 0 Å². The predicted molar refractivity (Wildman–Crippen MR) is 82.2 cm³/mol. The van der Waals surface area contributed by atoms with Crippen LogP contribution in [0.25, 0.3) is 11.4 Å². The van der Waals surface area contributed by atoms with Crippen LogP contribution in [0.1, 0.15) is 6.92 Å². The Hall–Kier alpha value is -1.05. The number of aromatic nitrogens is 3. The number of nitrogens with zero attached hydrogens (tertiary/aromatic N) is 3. The summed E-state index contributed by atoms with van der Waals surface area (Å²) in [6.07, 6.45) is 0. The largest absolute Gasteiger partial charge is 0.481 e. The fourth-order valence-electron chi connectivity index (χ4n) is 1.68. The molecular formula is C12H11BrClN3O2S. The number of thioether (sulfide) groups is 1. The first-order chi connectivity index (χ1) is 9.54. The molecule has 1 aromatic heterocycles. The number of hydrogen-bond donors (Lipinski definition) is 1. The number of carbonyl (C=O) groups is 1. The second-order valence-electron chi connectivity index (χ2n) is 3.83. The van der Waals surface area contributed by atoms with E-state index in [4.69, 9.17) is 16.7 Å². The molecule has 0 unspecified atom stereocenters. The van der Waals surface area contributed by atoms with E-state index in [1.807, 2.05) is 29.7 Å². The van der Waals surface area contributed by atoms with Crippen LogP contribution < -0.4 is 0 Å². The Morgan fingerprint density at radius 3 is 2.90 bits per heavy atom. The maximum atomic E-state index is 10.6. The minimum absolute atomic E-state index is 0.0512. The van der Waals surface area contributed by atoms with Crippen LogP contribution in [-0.2, 0) is 11.3 Å². The second-order valence-corrected chi connectivity index (χ2v) is 6.01. The Balaban J connectivity index is 2.42. The summed E-state index contributed by atoms with van der Waals surface area (Å²) in [7, 11) is 0. The van der Waals surface area contributed by atoms with Gasteiger partial charge in [0.1, 0.15) is 0 Å². The molecule has 2 rings (SSSR count). The molecule has 0 spiro atoms. The number of benzene rings is 1. The summed E-state index contributed by atoms with van der Waals surface area (Å²) in [6.45, 7) is 2.58. The van der Waals surface area contributed by atoms with Crippen LogP contribution in [0.3, 0.4) is 0 Å². The van der Waals surface area contributed by atoms with Crippen LogP contribution in [0, 0.1) is 0 Å². The van der Waals surface area contributed by atoms with E-state index in [0.717, 1.165) is 21.8 Å². The van der Waals surface area contributed by atoms with Crippen LogP contribution in [0.15, 0.2) is 27.8 Å². The fourth-order valence-corrected chi connectivity index (χ4v) is 2.98. The van der Waals surface area contributed by atoms with Crippen LogP contribution >= 0.6 is 39.3 Å². The summed E-state index contributed by atoms with van der Waals surface area (Å²) >= 11 is 10.8. The molecule has 1 aromatic carbocycles. The van der Waals surface area contributed by atoms with Crippen LogP contribution in [0.4, 0.5) is 0 Å². The molecule has 0 radical (unpaired) electrons. The first kappa shape index (κ1) is 15.3. The average molecular weight is 377 g/mol. The summed E-state index contributed by atoms with van der Waals surface area (Å²) in [4.78, 5) is 10.6. The maximum Gasteiger partial charge on any atom is 0.313 e. The summed E-state index contributed by atoms with van der Waals surface area (Å²) in [5.74, 6) is -0.306. The Labute approximate surface area is 133 Å². The van der Waals surface area contributed by atoms with E-state index in [1.54, 1.807) is 0 Å². The van der Waals surface area contributed by atoms with Crippen molar-refractivity contribution in [2.75, 3.05) is 5.75 Å². The van der Waals surface area contributed by atoms with Gasteiger partial charge in [0.25, 0.3) is 0 Å². The number of halogens is 2. The normalized spacial score (nSPS) is 10.8. The highest BCUT2D eigenvalue weighted by molar-refractivity contribution is 9.10. The van der Waals surface area contributed by atoms with Crippen LogP contribution in [-0.4, -0.2) is 31.6 Å². The topological polar surface area (TPSA) is 68.0 Å². The molecule has 0 saturated carbocycles. The molecule has 5 nitrogen and oxygen atoms in total. The quantitative estimate of drug-likeness (QED) is 0.808. The van der Waals surface area contributed by atoms with Gasteiger partial charge in [0.05, 0.1) is 10.8 Å². The van der Waals surface area contributed by atoms with Crippen LogP contribution in [0.2, 0.25) is 5.02 Å². The summed E-state index contributed by atoms with van der Waals surface area (Å²) in [5.41, 5.74) is 0.762. The lowest BCUT2D eigenvalue weighted by Crippen LogP contribution is -2.03. The van der Waals surface area contributed by atoms with E-state index in [1.165, 1.54) is 0 Å². The second kappa shape index (κ2) is 6.60. The van der Waals surface area contributed by atoms with Gasteiger partial charge < -0.3 is 9.67 Å². The highest BCUT2D eigenvalue weighted by Crippen LogP contribution is 2.34. The molecule has 0 fully saturated rings. The van der Waals surface area contributed by atoms with Gasteiger partial charge in [0.15, 0.2) is 11.0 Å². The summed E-state index contributed by atoms with van der Waals surface area (Å²) < 4.78 is 2.63. The zero-order valence-corrected chi connectivity index (χ0v) is 13.7. The number of carboxylic acid groups (broad SMARTS) is 1. The highest BCUT2D eigenvalue weighted by Gasteiger charge is 2.17. The monoisotopic (exact) mass is 375 g/mol. The van der Waals surface area contributed by atoms with Gasteiger partial charge in [-0.05, 0) is 35.0 Å². The lowest BCUT2D eigenvalue weighted by molar-refractivity contribution is -0.133. The third kappa shape index (κ3) is 3.16. The van der Waals surface area contributed by atoms with Gasteiger partial charge in [-0.1, -0.05) is 29.4 Å². The highest BCUT2D eigenvalue weighted by atomic mass is 79.9. The molecule has 2 aromatic rings. The van der Waals surface area contributed by atoms with Crippen molar-refractivity contribution in [1.29, 1.82) is 0 Å². The van der Waals surface area contributed by atoms with Crippen molar-refractivity contribution in [1.82, 2.24) is 14.8 Å². The van der Waals surface area contributed by atoms with E-state index in [9.17, 15) is 4.79 Å². The minimum Gasteiger partial charge on any atom is -0.481 e. The van der Waals surface area contributed by atoms with Crippen molar-refractivity contribution in [3.8, 4) is 11.4 Å². The SMILES string of the molecule is CCn1c(SCC(=O)O)nnc1-c1cccc(Br)c1Cl. The Morgan fingerprint density at radius 2 is 2.25 bits per heavy atom. The standard InChI is InChI=1S/C12H11BrClN3O2S/c1-2-17-11(7-4-3-5-8(13)10(7)14)15-16-12(17)20-6-9(18)19/h3-5H,2,6H2,1H3,(H,18,19). The molecule has 0 saturated heterocycles. The number of carboxylic acids is 1. The molecule has 106 valence electrons. The van der Waals surface area contributed by atoms with Crippen molar-refractivity contribution in [3.63, 3.8) is 0 Å². The van der Waals surface area contributed by atoms with Crippen molar-refractivity contribution >= 4 is 45.3 Å². The Bertz CT molecular complexity index is 648. The van der Waals surface area contributed by atoms with Crippen LogP contribution in [0.5, 0.6) is 0 Å². The third-order valence-corrected chi connectivity index (χ3v) is 4.80. The van der Waals surface area contributed by atoms with Crippen molar-refractivity contribution in [3.05, 3.63) is 27.7 Å². The van der Waals surface area contributed by atoms with Crippen molar-refractivity contribution < 1.29 is 9.90 Å². The van der Waals surface area contributed by atoms with E-state index in [-0.39, 0.29) is 5.75 Å². The van der Waals surface area contributed by atoms with E-state index in [0.29, 0.717) is 22.5 Å². The molecule has 0 amide bonds. The maximum absolute atomic E-state index is 10.6. The predicted octanol–water partition coefficient (Wildman–Crippen LogP) is 3.56. The zero-order valence-electron chi connectivity index (χ0n) is 10.5. The molecule has 1 N–H and O–H groups in total. The molecule has 8 heteroatoms. The molecular weight excluding hydrogens is 366 g/mol. The van der Waals surface area contributed by atoms with E-state index in [2.05, 4.69) is 26.1 Å². The molecule has 1 heterocycles. The van der Waals surface area contributed by atoms with Gasteiger partial charge in [0.2, 0.25) is 0 Å². The first-order valence-corrected chi connectivity index (χ1v) is 7.92. The van der Waals surface area contributed by atoms with Gasteiger partial charge in [-0.3, -0.25) is 4.79 Å².